The Bertz CT molecular complexity index is 1590. The molecule has 0 aliphatic carbocycles. The van der Waals surface area contributed by atoms with Gasteiger partial charge >= 0.3 is 12.1 Å². The highest BCUT2D eigenvalue weighted by Gasteiger charge is 2.20. The third-order valence-electron chi connectivity index (χ3n) is 6.67. The van der Waals surface area contributed by atoms with Crippen LogP contribution in [0, 0.1) is 5.92 Å². The summed E-state index contributed by atoms with van der Waals surface area (Å²) in [6, 6.07) is 12.0. The summed E-state index contributed by atoms with van der Waals surface area (Å²) in [6.07, 6.45) is 4.07. The van der Waals surface area contributed by atoms with Crippen LogP contribution in [0.2, 0.25) is 0 Å². The Morgan fingerprint density at radius 1 is 0.829 bits per heavy atom. The Hall–Kier alpha value is -3.85. The summed E-state index contributed by atoms with van der Waals surface area (Å²) in [5.41, 5.74) is 2.15. The van der Waals surface area contributed by atoms with Gasteiger partial charge in [-0.25, -0.2) is 0 Å². The molecule has 0 spiro atoms. The Morgan fingerprint density at radius 3 is 1.71 bits per heavy atom. The molecule has 0 aliphatic rings. The predicted molar refractivity (Wildman–Crippen MR) is 159 cm³/mol. The lowest BCUT2D eigenvalue weighted by Crippen LogP contribution is -2.13. The average Bonchev–Trinajstić information content (AvgIpc) is 3.56. The molecule has 0 amide bonds. The number of carbonyl (C=O) groups excluding carboxylic acids is 4. The lowest BCUT2D eigenvalue weighted by Gasteiger charge is -2.11. The summed E-state index contributed by atoms with van der Waals surface area (Å²) >= 11 is 2.89. The molecule has 0 unspecified atom stereocenters. The number of hydrogen-bond donors (Lipinski definition) is 1. The topological polar surface area (TPSA) is 124 Å². The maximum atomic E-state index is 12.6. The second-order valence-corrected chi connectivity index (χ2v) is 11.8. The first-order valence-electron chi connectivity index (χ1n) is 13.1. The SMILES string of the molecule is CCCC(=O)c1cc2cc(CCCc3cc4cc(C(=O)C[C@H](C)C(=O)O)sc4cc3OC)c(OC)cc2s1.O=C=O. The van der Waals surface area contributed by atoms with Gasteiger partial charge in [0, 0.05) is 22.2 Å². The Labute approximate surface area is 245 Å². The zero-order valence-corrected chi connectivity index (χ0v) is 25.0. The van der Waals surface area contributed by atoms with Crippen LogP contribution in [0.1, 0.15) is 70.0 Å². The van der Waals surface area contributed by atoms with Crippen molar-refractivity contribution >= 4 is 66.5 Å². The Morgan fingerprint density at radius 2 is 1.29 bits per heavy atom. The van der Waals surface area contributed by atoms with Gasteiger partial charge in [0.2, 0.25) is 0 Å². The van der Waals surface area contributed by atoms with Crippen molar-refractivity contribution in [1.29, 1.82) is 0 Å². The van der Waals surface area contributed by atoms with Crippen LogP contribution >= 0.6 is 22.7 Å². The molecule has 2 heterocycles. The van der Waals surface area contributed by atoms with E-state index in [4.69, 9.17) is 24.2 Å². The molecule has 10 heteroatoms. The molecular formula is C31H32O8S2. The number of aliphatic carboxylic acids is 1. The quantitative estimate of drug-likeness (QED) is 0.164. The summed E-state index contributed by atoms with van der Waals surface area (Å²) in [5, 5.41) is 11.2. The molecule has 1 atom stereocenters. The molecule has 0 saturated heterocycles. The van der Waals surface area contributed by atoms with Crippen molar-refractivity contribution < 1.29 is 38.6 Å². The fourth-order valence-corrected chi connectivity index (χ4v) is 6.62. The number of methoxy groups -OCH3 is 2. The zero-order chi connectivity index (χ0) is 30.1. The van der Waals surface area contributed by atoms with Crippen LogP contribution in [0.3, 0.4) is 0 Å². The number of carbonyl (C=O) groups is 3. The van der Waals surface area contributed by atoms with Crippen molar-refractivity contribution in [3.05, 3.63) is 57.3 Å². The van der Waals surface area contributed by atoms with Crippen molar-refractivity contribution in [2.45, 2.75) is 52.4 Å². The minimum Gasteiger partial charge on any atom is -0.496 e. The van der Waals surface area contributed by atoms with E-state index in [1.54, 1.807) is 21.1 Å². The van der Waals surface area contributed by atoms with E-state index in [1.807, 2.05) is 31.2 Å². The van der Waals surface area contributed by atoms with Crippen molar-refractivity contribution in [3.8, 4) is 11.5 Å². The first-order valence-corrected chi connectivity index (χ1v) is 14.8. The van der Waals surface area contributed by atoms with Gasteiger partial charge in [-0.15, -0.1) is 22.7 Å². The molecular weight excluding hydrogens is 564 g/mol. The summed E-state index contributed by atoms with van der Waals surface area (Å²) in [4.78, 5) is 53.7. The molecule has 4 aromatic rings. The molecule has 0 aliphatic heterocycles. The second-order valence-electron chi connectivity index (χ2n) is 9.60. The molecule has 216 valence electrons. The van der Waals surface area contributed by atoms with E-state index in [2.05, 4.69) is 12.1 Å². The molecule has 0 saturated carbocycles. The van der Waals surface area contributed by atoms with Crippen molar-refractivity contribution in [2.24, 2.45) is 5.92 Å². The number of thiophene rings is 2. The summed E-state index contributed by atoms with van der Waals surface area (Å²) < 4.78 is 13.3. The van der Waals surface area contributed by atoms with E-state index >= 15 is 0 Å². The highest BCUT2D eigenvalue weighted by molar-refractivity contribution is 7.21. The number of hydrogen-bond acceptors (Lipinski definition) is 9. The molecule has 41 heavy (non-hydrogen) atoms. The van der Waals surface area contributed by atoms with Crippen molar-refractivity contribution in [3.63, 3.8) is 0 Å². The number of fused-ring (bicyclic) bond motifs is 2. The number of carboxylic acid groups (broad SMARTS) is 1. The maximum absolute atomic E-state index is 12.6. The van der Waals surface area contributed by atoms with Gasteiger partial charge < -0.3 is 14.6 Å². The third kappa shape index (κ3) is 7.88. The van der Waals surface area contributed by atoms with Crippen LogP contribution in [0.25, 0.3) is 20.2 Å². The largest absolute Gasteiger partial charge is 0.496 e. The molecule has 4 rings (SSSR count). The fourth-order valence-electron chi connectivity index (χ4n) is 4.56. The van der Waals surface area contributed by atoms with Crippen LogP contribution in [-0.2, 0) is 27.2 Å². The van der Waals surface area contributed by atoms with Gasteiger partial charge in [0.15, 0.2) is 11.6 Å². The molecule has 0 radical (unpaired) electrons. The van der Waals surface area contributed by atoms with Crippen molar-refractivity contribution in [2.75, 3.05) is 14.2 Å². The van der Waals surface area contributed by atoms with Crippen LogP contribution in [0.5, 0.6) is 11.5 Å². The highest BCUT2D eigenvalue weighted by Crippen LogP contribution is 2.36. The van der Waals surface area contributed by atoms with Gasteiger partial charge in [-0.2, -0.15) is 9.59 Å². The third-order valence-corrected chi connectivity index (χ3v) is 8.95. The normalized spacial score (nSPS) is 11.4. The Kier molecular flexibility index (Phi) is 11.3. The number of carboxylic acids is 1. The molecule has 2 aromatic carbocycles. The first kappa shape index (κ1) is 31.7. The number of Topliss-reactive ketones (excluding diaryl/α,β-unsaturated/α-hetero) is 2. The van der Waals surface area contributed by atoms with Crippen molar-refractivity contribution in [1.82, 2.24) is 0 Å². The minimum atomic E-state index is -0.969. The number of rotatable bonds is 13. The van der Waals surface area contributed by atoms with Crippen LogP contribution in [0.4, 0.5) is 0 Å². The van der Waals surface area contributed by atoms with Crippen LogP contribution in [-0.4, -0.2) is 43.0 Å². The fraction of sp³-hybridized carbons (Fsp3) is 0.355. The lowest BCUT2D eigenvalue weighted by atomic mass is 10.0. The van der Waals surface area contributed by atoms with Crippen LogP contribution in [0.15, 0.2) is 36.4 Å². The summed E-state index contributed by atoms with van der Waals surface area (Å²) in [5.74, 6) is -0.0527. The van der Waals surface area contributed by atoms with E-state index < -0.39 is 11.9 Å². The highest BCUT2D eigenvalue weighted by atomic mass is 32.1. The zero-order valence-electron chi connectivity index (χ0n) is 23.4. The van der Waals surface area contributed by atoms with E-state index in [0.717, 1.165) is 73.4 Å². The van der Waals surface area contributed by atoms with Gasteiger partial charge in [-0.3, -0.25) is 14.4 Å². The average molecular weight is 597 g/mol. The minimum absolute atomic E-state index is 0.0172. The predicted octanol–water partition coefficient (Wildman–Crippen LogP) is 7.00. The monoisotopic (exact) mass is 596 g/mol. The number of benzene rings is 2. The van der Waals surface area contributed by atoms with Crippen LogP contribution < -0.4 is 9.47 Å². The van der Waals surface area contributed by atoms with Gasteiger partial charge in [-0.05, 0) is 84.0 Å². The number of ketones is 2. The lowest BCUT2D eigenvalue weighted by molar-refractivity contribution is -0.191. The first-order chi connectivity index (χ1) is 19.6. The van der Waals surface area contributed by atoms with Gasteiger partial charge in [-0.1, -0.05) is 13.8 Å². The smallest absolute Gasteiger partial charge is 0.373 e. The van der Waals surface area contributed by atoms with E-state index in [9.17, 15) is 14.4 Å². The summed E-state index contributed by atoms with van der Waals surface area (Å²) in [6.45, 7) is 3.56. The number of ether oxygens (including phenoxy) is 2. The Balaban J connectivity index is 0.00000147. The second kappa shape index (κ2) is 14.7. The summed E-state index contributed by atoms with van der Waals surface area (Å²) in [7, 11) is 3.31. The molecule has 1 N–H and O–H groups in total. The van der Waals surface area contributed by atoms with Gasteiger partial charge in [0.05, 0.1) is 29.9 Å². The van der Waals surface area contributed by atoms with Gasteiger partial charge in [0.1, 0.15) is 11.5 Å². The molecule has 0 fully saturated rings. The molecule has 2 aromatic heterocycles. The maximum Gasteiger partial charge on any atom is 0.373 e. The molecule has 0 bridgehead atoms. The van der Waals surface area contributed by atoms with Gasteiger partial charge in [0.25, 0.3) is 0 Å². The standard InChI is InChI=1S/C30H32O6S2.CO2/c1-5-7-22(31)28-13-20-11-18(24(35-3)15-26(20)37-28)8-6-9-19-12-21-14-29(23(32)10-17(2)30(33)34)38-27(21)16-25(19)36-4;2-1-3/h11-17H,5-10H2,1-4H3,(H,33,34);/t17-;/m0./s1. The molecule has 8 nitrogen and oxygen atoms in total. The van der Waals surface area contributed by atoms with E-state index in [-0.39, 0.29) is 24.1 Å². The van der Waals surface area contributed by atoms with E-state index in [1.165, 1.54) is 22.7 Å². The van der Waals surface area contributed by atoms with E-state index in [0.29, 0.717) is 11.3 Å². The number of aryl methyl sites for hydroxylation is 2.